The molecule has 1 aromatic heterocycles. The maximum Gasteiger partial charge on any atom is 0.191 e. The summed E-state index contributed by atoms with van der Waals surface area (Å²) in [6.07, 6.45) is 1.54. The maximum absolute atomic E-state index is 6.18. The molecule has 7 nitrogen and oxygen atoms in total. The van der Waals surface area contributed by atoms with E-state index in [9.17, 15) is 0 Å². The van der Waals surface area contributed by atoms with Gasteiger partial charge >= 0.3 is 0 Å². The second-order valence-corrected chi connectivity index (χ2v) is 6.74. The van der Waals surface area contributed by atoms with Crippen LogP contribution in [-0.4, -0.2) is 27.3 Å². The molecule has 0 radical (unpaired) electrons. The number of aromatic nitrogens is 3. The number of nitrogens with one attached hydrogen (secondary N) is 2. The van der Waals surface area contributed by atoms with Crippen LogP contribution in [0.1, 0.15) is 23.9 Å². The molecule has 8 heteroatoms. The topological polar surface area (TPSA) is 76.4 Å². The summed E-state index contributed by atoms with van der Waals surface area (Å²) in [5.74, 6) is 2.23. The number of hydrogen-bond donors (Lipinski definition) is 2. The van der Waals surface area contributed by atoms with Crippen LogP contribution in [0.15, 0.2) is 59.9 Å². The van der Waals surface area contributed by atoms with Gasteiger partial charge in [0.05, 0.1) is 18.1 Å². The van der Waals surface area contributed by atoms with Gasteiger partial charge in [-0.15, -0.1) is 0 Å². The Balaban J connectivity index is 1.66. The molecule has 3 rings (SSSR count). The predicted molar refractivity (Wildman–Crippen MR) is 115 cm³/mol. The molecular formula is C21H25ClN6O. The average molecular weight is 413 g/mol. The second-order valence-electron chi connectivity index (χ2n) is 6.34. The number of para-hydroxylation sites is 1. The molecule has 0 saturated carbocycles. The van der Waals surface area contributed by atoms with Crippen LogP contribution in [0.5, 0.6) is 5.75 Å². The summed E-state index contributed by atoms with van der Waals surface area (Å²) >= 11 is 6.18. The Morgan fingerprint density at radius 1 is 1.10 bits per heavy atom. The number of benzene rings is 2. The number of rotatable bonds is 8. The van der Waals surface area contributed by atoms with E-state index in [1.54, 1.807) is 4.68 Å². The Bertz CT molecular complexity index is 956. The molecule has 0 unspecified atom stereocenters. The standard InChI is InChI=1S/C21H25ClN6O/c1-3-23-21(25-13-20-26-15-27-28(20)2)24-12-16-8-4-5-9-17(16)14-29-19-11-7-6-10-18(19)22/h4-11,15H,3,12-14H2,1-2H3,(H2,23,24,25). The molecule has 0 amide bonds. The van der Waals surface area contributed by atoms with Crippen molar-refractivity contribution in [1.82, 2.24) is 25.4 Å². The van der Waals surface area contributed by atoms with Crippen LogP contribution in [0.2, 0.25) is 5.02 Å². The van der Waals surface area contributed by atoms with Crippen molar-refractivity contribution >= 4 is 17.6 Å². The fourth-order valence-electron chi connectivity index (χ4n) is 2.72. The molecule has 0 saturated heterocycles. The van der Waals surface area contributed by atoms with Crippen molar-refractivity contribution in [1.29, 1.82) is 0 Å². The quantitative estimate of drug-likeness (QED) is 0.438. The number of nitrogens with zero attached hydrogens (tertiary/aromatic N) is 4. The highest BCUT2D eigenvalue weighted by Gasteiger charge is 2.06. The van der Waals surface area contributed by atoms with Gasteiger partial charge in [-0.25, -0.2) is 9.98 Å². The van der Waals surface area contributed by atoms with E-state index in [-0.39, 0.29) is 0 Å². The smallest absolute Gasteiger partial charge is 0.191 e. The Morgan fingerprint density at radius 2 is 1.86 bits per heavy atom. The lowest BCUT2D eigenvalue weighted by Gasteiger charge is -2.13. The number of aryl methyl sites for hydroxylation is 1. The van der Waals surface area contributed by atoms with Gasteiger partial charge in [0.1, 0.15) is 24.5 Å². The number of ether oxygens (including phenoxy) is 1. The normalized spacial score (nSPS) is 11.3. The highest BCUT2D eigenvalue weighted by Crippen LogP contribution is 2.24. The largest absolute Gasteiger partial charge is 0.487 e. The van der Waals surface area contributed by atoms with Gasteiger partial charge < -0.3 is 15.4 Å². The van der Waals surface area contributed by atoms with E-state index < -0.39 is 0 Å². The van der Waals surface area contributed by atoms with Crippen molar-refractivity contribution in [2.24, 2.45) is 12.0 Å². The van der Waals surface area contributed by atoms with Crippen molar-refractivity contribution in [2.45, 2.75) is 26.6 Å². The fourth-order valence-corrected chi connectivity index (χ4v) is 2.91. The molecule has 3 aromatic rings. The molecule has 0 bridgehead atoms. The number of guanidine groups is 1. The maximum atomic E-state index is 6.18. The highest BCUT2D eigenvalue weighted by molar-refractivity contribution is 6.32. The molecule has 1 heterocycles. The first kappa shape index (κ1) is 20.7. The first-order valence-corrected chi connectivity index (χ1v) is 9.84. The molecule has 0 aliphatic heterocycles. The first-order chi connectivity index (χ1) is 14.2. The third-order valence-corrected chi connectivity index (χ3v) is 4.62. The van der Waals surface area contributed by atoms with Crippen LogP contribution in [-0.2, 0) is 26.7 Å². The lowest BCUT2D eigenvalue weighted by atomic mass is 10.1. The summed E-state index contributed by atoms with van der Waals surface area (Å²) in [4.78, 5) is 8.92. The van der Waals surface area contributed by atoms with Gasteiger partial charge in [-0.3, -0.25) is 4.68 Å². The van der Waals surface area contributed by atoms with E-state index in [0.29, 0.717) is 30.5 Å². The van der Waals surface area contributed by atoms with Crippen molar-refractivity contribution in [3.05, 3.63) is 76.8 Å². The predicted octanol–water partition coefficient (Wildman–Crippen LogP) is 3.30. The van der Waals surface area contributed by atoms with E-state index in [0.717, 1.165) is 29.5 Å². The van der Waals surface area contributed by atoms with Crippen LogP contribution >= 0.6 is 11.6 Å². The van der Waals surface area contributed by atoms with Gasteiger partial charge in [0.25, 0.3) is 0 Å². The Labute approximate surface area is 175 Å². The summed E-state index contributed by atoms with van der Waals surface area (Å²) in [5, 5.41) is 11.2. The molecule has 152 valence electrons. The molecule has 0 aliphatic rings. The van der Waals surface area contributed by atoms with Crippen molar-refractivity contribution in [3.8, 4) is 5.75 Å². The summed E-state index contributed by atoms with van der Waals surface area (Å²) in [6.45, 7) is 4.29. The summed E-state index contributed by atoms with van der Waals surface area (Å²) in [7, 11) is 1.86. The van der Waals surface area contributed by atoms with Gasteiger partial charge in [0.2, 0.25) is 0 Å². The Kier molecular flexibility index (Phi) is 7.47. The zero-order chi connectivity index (χ0) is 20.5. The number of halogens is 1. The van der Waals surface area contributed by atoms with E-state index in [4.69, 9.17) is 21.3 Å². The van der Waals surface area contributed by atoms with Gasteiger partial charge in [-0.2, -0.15) is 5.10 Å². The molecule has 0 aliphatic carbocycles. The van der Waals surface area contributed by atoms with Crippen LogP contribution in [0, 0.1) is 0 Å². The molecule has 0 fully saturated rings. The lowest BCUT2D eigenvalue weighted by molar-refractivity contribution is 0.305. The zero-order valence-electron chi connectivity index (χ0n) is 16.6. The summed E-state index contributed by atoms with van der Waals surface area (Å²) in [6, 6.07) is 15.6. The van der Waals surface area contributed by atoms with E-state index >= 15 is 0 Å². The second kappa shape index (κ2) is 10.5. The zero-order valence-corrected chi connectivity index (χ0v) is 17.4. The van der Waals surface area contributed by atoms with Gasteiger partial charge in [0, 0.05) is 13.6 Å². The minimum absolute atomic E-state index is 0.429. The van der Waals surface area contributed by atoms with E-state index in [2.05, 4.69) is 26.8 Å². The molecular weight excluding hydrogens is 388 g/mol. The van der Waals surface area contributed by atoms with Crippen molar-refractivity contribution < 1.29 is 4.74 Å². The summed E-state index contributed by atoms with van der Waals surface area (Å²) < 4.78 is 7.63. The minimum Gasteiger partial charge on any atom is -0.487 e. The van der Waals surface area contributed by atoms with Crippen LogP contribution in [0.25, 0.3) is 0 Å². The fraction of sp³-hybridized carbons (Fsp3) is 0.286. The van der Waals surface area contributed by atoms with Crippen LogP contribution < -0.4 is 15.4 Å². The molecule has 2 aromatic carbocycles. The molecule has 29 heavy (non-hydrogen) atoms. The van der Waals surface area contributed by atoms with Crippen LogP contribution in [0.3, 0.4) is 0 Å². The molecule has 2 N–H and O–H groups in total. The molecule has 0 atom stereocenters. The third kappa shape index (κ3) is 5.96. The number of aliphatic imine (C=N–C) groups is 1. The lowest BCUT2D eigenvalue weighted by Crippen LogP contribution is -2.37. The monoisotopic (exact) mass is 412 g/mol. The first-order valence-electron chi connectivity index (χ1n) is 9.46. The Morgan fingerprint density at radius 3 is 2.59 bits per heavy atom. The summed E-state index contributed by atoms with van der Waals surface area (Å²) in [5.41, 5.74) is 2.16. The van der Waals surface area contributed by atoms with E-state index in [1.165, 1.54) is 6.33 Å². The van der Waals surface area contributed by atoms with E-state index in [1.807, 2.05) is 56.4 Å². The van der Waals surface area contributed by atoms with Crippen molar-refractivity contribution in [3.63, 3.8) is 0 Å². The van der Waals surface area contributed by atoms with Crippen molar-refractivity contribution in [2.75, 3.05) is 6.54 Å². The van der Waals surface area contributed by atoms with Gasteiger partial charge in [-0.1, -0.05) is 48.0 Å². The van der Waals surface area contributed by atoms with Crippen LogP contribution in [0.4, 0.5) is 0 Å². The van der Waals surface area contributed by atoms with Gasteiger partial charge in [0.15, 0.2) is 5.96 Å². The SMILES string of the molecule is CCNC(=NCc1ccccc1COc1ccccc1Cl)NCc1ncnn1C. The Hall–Kier alpha value is -3.06. The average Bonchev–Trinajstić information content (AvgIpc) is 3.15. The van der Waals surface area contributed by atoms with Gasteiger partial charge in [-0.05, 0) is 30.2 Å². The third-order valence-electron chi connectivity index (χ3n) is 4.31. The minimum atomic E-state index is 0.429. The highest BCUT2D eigenvalue weighted by atomic mass is 35.5. The molecule has 0 spiro atoms. The number of hydrogen-bond acceptors (Lipinski definition) is 4.